The summed E-state index contributed by atoms with van der Waals surface area (Å²) in [4.78, 5) is 22.4. The monoisotopic (exact) mass is 358 g/mol. The summed E-state index contributed by atoms with van der Waals surface area (Å²) < 4.78 is 16.1. The highest BCUT2D eigenvalue weighted by atomic mass is 16.5. The predicted molar refractivity (Wildman–Crippen MR) is 95.8 cm³/mol. The molecule has 2 aromatic rings. The first kappa shape index (κ1) is 17.8. The van der Waals surface area contributed by atoms with Gasteiger partial charge in [-0.05, 0) is 25.0 Å². The van der Waals surface area contributed by atoms with E-state index in [9.17, 15) is 4.79 Å². The first-order valence-electron chi connectivity index (χ1n) is 8.41. The molecular weight excluding hydrogens is 336 g/mol. The molecule has 0 aliphatic carbocycles. The molecule has 1 aromatic heterocycles. The number of methoxy groups -OCH3 is 2. The Morgan fingerprint density at radius 1 is 1.27 bits per heavy atom. The number of rotatable bonds is 5. The van der Waals surface area contributed by atoms with Crippen LogP contribution < -0.4 is 19.5 Å². The molecule has 1 unspecified atom stereocenters. The van der Waals surface area contributed by atoms with Crippen molar-refractivity contribution in [2.24, 2.45) is 0 Å². The van der Waals surface area contributed by atoms with Crippen molar-refractivity contribution in [1.82, 2.24) is 14.9 Å². The highest BCUT2D eigenvalue weighted by molar-refractivity contribution is 5.89. The molecule has 1 aliphatic rings. The first-order valence-corrected chi connectivity index (χ1v) is 8.41. The van der Waals surface area contributed by atoms with Gasteiger partial charge in [-0.3, -0.25) is 0 Å². The summed E-state index contributed by atoms with van der Waals surface area (Å²) in [5.41, 5.74) is 0.693. The third-order valence-electron chi connectivity index (χ3n) is 4.06. The second-order valence-electron chi connectivity index (χ2n) is 5.87. The average molecular weight is 358 g/mol. The van der Waals surface area contributed by atoms with Gasteiger partial charge in [0, 0.05) is 30.6 Å². The quantitative estimate of drug-likeness (QED) is 0.884. The summed E-state index contributed by atoms with van der Waals surface area (Å²) in [6.45, 7) is 1.17. The number of aromatic nitrogens is 2. The van der Waals surface area contributed by atoms with Crippen LogP contribution in [0.25, 0.3) is 0 Å². The van der Waals surface area contributed by atoms with E-state index in [1.54, 1.807) is 30.3 Å². The molecule has 0 bridgehead atoms. The molecular formula is C18H22N4O4. The summed E-state index contributed by atoms with van der Waals surface area (Å²) in [6.07, 6.45) is 3.17. The van der Waals surface area contributed by atoms with E-state index < -0.39 is 0 Å². The first-order chi connectivity index (χ1) is 12.7. The summed E-state index contributed by atoms with van der Waals surface area (Å²) in [5, 5.41) is 2.89. The molecule has 1 saturated heterocycles. The van der Waals surface area contributed by atoms with E-state index >= 15 is 0 Å². The Balaban J connectivity index is 1.59. The molecule has 3 rings (SSSR count). The minimum atomic E-state index is -0.160. The van der Waals surface area contributed by atoms with Crippen molar-refractivity contribution in [3.63, 3.8) is 0 Å². The normalized spacial score (nSPS) is 16.7. The van der Waals surface area contributed by atoms with Crippen LogP contribution in [0.15, 0.2) is 36.5 Å². The molecule has 26 heavy (non-hydrogen) atoms. The van der Waals surface area contributed by atoms with Gasteiger partial charge in [0.25, 0.3) is 0 Å². The predicted octanol–water partition coefficient (Wildman–Crippen LogP) is 2.57. The van der Waals surface area contributed by atoms with Crippen LogP contribution in [-0.2, 0) is 0 Å². The van der Waals surface area contributed by atoms with Gasteiger partial charge in [-0.1, -0.05) is 6.07 Å². The van der Waals surface area contributed by atoms with Crippen LogP contribution in [0.3, 0.4) is 0 Å². The Kier molecular flexibility index (Phi) is 5.73. The zero-order valence-electron chi connectivity index (χ0n) is 14.8. The Morgan fingerprint density at radius 3 is 2.96 bits per heavy atom. The number of anilines is 1. The number of amides is 2. The Labute approximate surface area is 152 Å². The molecule has 1 aromatic carbocycles. The van der Waals surface area contributed by atoms with E-state index in [4.69, 9.17) is 14.2 Å². The van der Waals surface area contributed by atoms with Crippen LogP contribution in [0.2, 0.25) is 0 Å². The molecule has 0 saturated carbocycles. The molecule has 1 fully saturated rings. The highest BCUT2D eigenvalue weighted by Gasteiger charge is 2.25. The summed E-state index contributed by atoms with van der Waals surface area (Å²) >= 11 is 0. The lowest BCUT2D eigenvalue weighted by Gasteiger charge is -2.32. The lowest BCUT2D eigenvalue weighted by Crippen LogP contribution is -2.46. The van der Waals surface area contributed by atoms with E-state index in [0.717, 1.165) is 12.8 Å². The van der Waals surface area contributed by atoms with Gasteiger partial charge in [-0.15, -0.1) is 0 Å². The lowest BCUT2D eigenvalue weighted by atomic mass is 10.1. The highest BCUT2D eigenvalue weighted by Crippen LogP contribution is 2.20. The van der Waals surface area contributed by atoms with Crippen molar-refractivity contribution in [2.75, 3.05) is 32.6 Å². The maximum absolute atomic E-state index is 12.5. The van der Waals surface area contributed by atoms with Gasteiger partial charge in [0.2, 0.25) is 5.88 Å². The number of hydrogen-bond acceptors (Lipinski definition) is 6. The maximum Gasteiger partial charge on any atom is 0.321 e. The fourth-order valence-electron chi connectivity index (χ4n) is 2.78. The molecule has 0 spiro atoms. The maximum atomic E-state index is 12.5. The zero-order valence-corrected chi connectivity index (χ0v) is 14.8. The molecule has 8 heteroatoms. The summed E-state index contributed by atoms with van der Waals surface area (Å²) in [7, 11) is 3.10. The minimum absolute atomic E-state index is 0.126. The smallest absolute Gasteiger partial charge is 0.321 e. The third-order valence-corrected chi connectivity index (χ3v) is 4.06. The molecule has 138 valence electrons. The zero-order chi connectivity index (χ0) is 18.4. The molecule has 8 nitrogen and oxygen atoms in total. The molecule has 1 aliphatic heterocycles. The van der Waals surface area contributed by atoms with Gasteiger partial charge in [0.05, 0.1) is 20.8 Å². The molecule has 2 amide bonds. The van der Waals surface area contributed by atoms with Crippen molar-refractivity contribution >= 4 is 11.7 Å². The number of urea groups is 1. The third kappa shape index (κ3) is 4.53. The van der Waals surface area contributed by atoms with Crippen molar-refractivity contribution in [3.05, 3.63) is 36.5 Å². The average Bonchev–Trinajstić information content (AvgIpc) is 2.68. The van der Waals surface area contributed by atoms with Crippen molar-refractivity contribution < 1.29 is 19.0 Å². The lowest BCUT2D eigenvalue weighted by molar-refractivity contribution is 0.102. The largest absolute Gasteiger partial charge is 0.497 e. The van der Waals surface area contributed by atoms with Gasteiger partial charge in [0.15, 0.2) is 0 Å². The fraction of sp³-hybridized carbons (Fsp3) is 0.389. The van der Waals surface area contributed by atoms with E-state index in [2.05, 4.69) is 15.3 Å². The molecule has 0 radical (unpaired) electrons. The van der Waals surface area contributed by atoms with Crippen molar-refractivity contribution in [3.8, 4) is 17.6 Å². The number of carbonyl (C=O) groups excluding carboxylic acids is 1. The Hall–Kier alpha value is -3.03. The minimum Gasteiger partial charge on any atom is -0.497 e. The van der Waals surface area contributed by atoms with Crippen LogP contribution in [-0.4, -0.2) is 54.3 Å². The number of nitrogens with one attached hydrogen (secondary N) is 1. The number of nitrogens with zero attached hydrogens (tertiary/aromatic N) is 3. The van der Waals surface area contributed by atoms with E-state index in [1.165, 1.54) is 7.11 Å². The van der Waals surface area contributed by atoms with Crippen LogP contribution in [0, 0.1) is 0 Å². The SMILES string of the molecule is COc1cccc(NC(=O)N2CCCC(Oc3ccnc(OC)n3)C2)c1. The van der Waals surface area contributed by atoms with Crippen LogP contribution >= 0.6 is 0 Å². The molecule has 2 heterocycles. The summed E-state index contributed by atoms with van der Waals surface area (Å²) in [5.74, 6) is 1.14. The molecule has 1 atom stereocenters. The number of likely N-dealkylation sites (tertiary alicyclic amines) is 1. The number of piperidine rings is 1. The standard InChI is InChI=1S/C18H22N4O4/c1-24-14-6-3-5-13(11-14)20-18(23)22-10-4-7-15(12-22)26-16-8-9-19-17(21-16)25-2/h3,5-6,8-9,11,15H,4,7,10,12H2,1-2H3,(H,20,23). The number of hydrogen-bond donors (Lipinski definition) is 1. The van der Waals surface area contributed by atoms with Crippen LogP contribution in [0.5, 0.6) is 17.6 Å². The topological polar surface area (TPSA) is 85.8 Å². The second-order valence-corrected chi connectivity index (χ2v) is 5.87. The Bertz CT molecular complexity index is 755. The van der Waals surface area contributed by atoms with Gasteiger partial charge in [-0.2, -0.15) is 4.98 Å². The van der Waals surface area contributed by atoms with Crippen LogP contribution in [0.4, 0.5) is 10.5 Å². The number of benzene rings is 1. The van der Waals surface area contributed by atoms with Gasteiger partial charge >= 0.3 is 12.0 Å². The summed E-state index contributed by atoms with van der Waals surface area (Å²) in [6, 6.07) is 9.04. The number of ether oxygens (including phenoxy) is 3. The van der Waals surface area contributed by atoms with Gasteiger partial charge in [-0.25, -0.2) is 9.78 Å². The van der Waals surface area contributed by atoms with E-state index in [-0.39, 0.29) is 18.1 Å². The number of carbonyl (C=O) groups is 1. The fourth-order valence-corrected chi connectivity index (χ4v) is 2.78. The van der Waals surface area contributed by atoms with E-state index in [1.807, 2.05) is 18.2 Å². The van der Waals surface area contributed by atoms with Crippen molar-refractivity contribution in [1.29, 1.82) is 0 Å². The second kappa shape index (κ2) is 8.37. The van der Waals surface area contributed by atoms with Crippen molar-refractivity contribution in [2.45, 2.75) is 18.9 Å². The Morgan fingerprint density at radius 2 is 2.15 bits per heavy atom. The van der Waals surface area contributed by atoms with E-state index in [0.29, 0.717) is 30.4 Å². The van der Waals surface area contributed by atoms with Gasteiger partial charge < -0.3 is 24.4 Å². The van der Waals surface area contributed by atoms with Crippen LogP contribution in [0.1, 0.15) is 12.8 Å². The molecule has 1 N–H and O–H groups in total. The van der Waals surface area contributed by atoms with Gasteiger partial charge in [0.1, 0.15) is 11.9 Å².